The van der Waals surface area contributed by atoms with E-state index in [1.54, 1.807) is 11.8 Å². The summed E-state index contributed by atoms with van der Waals surface area (Å²) in [5, 5.41) is 12.7. The summed E-state index contributed by atoms with van der Waals surface area (Å²) >= 11 is 1.79. The zero-order valence-corrected chi connectivity index (χ0v) is 11.8. The van der Waals surface area contributed by atoms with Gasteiger partial charge < -0.3 is 15.3 Å². The van der Waals surface area contributed by atoms with Gasteiger partial charge in [0.05, 0.1) is 11.9 Å². The predicted octanol–water partition coefficient (Wildman–Crippen LogP) is 0.845. The summed E-state index contributed by atoms with van der Waals surface area (Å²) in [5.41, 5.74) is 0. The van der Waals surface area contributed by atoms with Gasteiger partial charge in [-0.05, 0) is 38.0 Å². The van der Waals surface area contributed by atoms with Crippen LogP contribution in [0, 0.1) is 0 Å². The SMILES string of the molecule is O=C(C1CCCCS1)N(CCO)CC1CCCN1. The van der Waals surface area contributed by atoms with Crippen LogP contribution in [0.5, 0.6) is 0 Å². The van der Waals surface area contributed by atoms with E-state index in [-0.39, 0.29) is 17.8 Å². The first-order valence-corrected chi connectivity index (χ1v) is 8.11. The molecule has 2 saturated heterocycles. The van der Waals surface area contributed by atoms with Crippen molar-refractivity contribution >= 4 is 17.7 Å². The van der Waals surface area contributed by atoms with Crippen molar-refractivity contribution in [2.45, 2.75) is 43.4 Å². The molecule has 2 rings (SSSR count). The summed E-state index contributed by atoms with van der Waals surface area (Å²) < 4.78 is 0. The van der Waals surface area contributed by atoms with Crippen LogP contribution in [0.4, 0.5) is 0 Å². The van der Waals surface area contributed by atoms with Gasteiger partial charge in [-0.1, -0.05) is 6.42 Å². The van der Waals surface area contributed by atoms with E-state index in [9.17, 15) is 4.79 Å². The normalized spacial score (nSPS) is 28.3. The Labute approximate surface area is 113 Å². The van der Waals surface area contributed by atoms with Gasteiger partial charge in [-0.25, -0.2) is 0 Å². The van der Waals surface area contributed by atoms with Crippen molar-refractivity contribution in [1.82, 2.24) is 10.2 Å². The zero-order chi connectivity index (χ0) is 12.8. The molecule has 2 unspecified atom stereocenters. The van der Waals surface area contributed by atoms with E-state index in [1.807, 2.05) is 4.90 Å². The number of carbonyl (C=O) groups excluding carboxylic acids is 1. The van der Waals surface area contributed by atoms with Crippen molar-refractivity contribution in [3.8, 4) is 0 Å². The zero-order valence-electron chi connectivity index (χ0n) is 10.9. The molecule has 2 aliphatic rings. The summed E-state index contributed by atoms with van der Waals surface area (Å²) in [5.74, 6) is 1.34. The Kier molecular flexibility index (Phi) is 5.79. The van der Waals surface area contributed by atoms with Crippen LogP contribution in [-0.4, -0.2) is 59.2 Å². The van der Waals surface area contributed by atoms with E-state index in [0.29, 0.717) is 12.6 Å². The Bertz CT molecular complexity index is 264. The van der Waals surface area contributed by atoms with Gasteiger partial charge in [-0.2, -0.15) is 0 Å². The average Bonchev–Trinajstić information content (AvgIpc) is 2.91. The lowest BCUT2D eigenvalue weighted by Crippen LogP contribution is -2.46. The molecule has 2 fully saturated rings. The second-order valence-electron chi connectivity index (χ2n) is 5.16. The number of hydrogen-bond acceptors (Lipinski definition) is 4. The first-order valence-electron chi connectivity index (χ1n) is 7.06. The van der Waals surface area contributed by atoms with Crippen LogP contribution in [-0.2, 0) is 4.79 Å². The lowest BCUT2D eigenvalue weighted by atomic mass is 10.1. The smallest absolute Gasteiger partial charge is 0.235 e. The predicted molar refractivity (Wildman–Crippen MR) is 74.8 cm³/mol. The van der Waals surface area contributed by atoms with Gasteiger partial charge in [0.25, 0.3) is 0 Å². The molecule has 0 saturated carbocycles. The molecule has 0 aromatic carbocycles. The number of nitrogens with zero attached hydrogens (tertiary/aromatic N) is 1. The van der Waals surface area contributed by atoms with Gasteiger partial charge in [-0.3, -0.25) is 4.79 Å². The highest BCUT2D eigenvalue weighted by atomic mass is 32.2. The van der Waals surface area contributed by atoms with E-state index in [0.717, 1.165) is 38.1 Å². The molecule has 1 amide bonds. The van der Waals surface area contributed by atoms with E-state index >= 15 is 0 Å². The molecule has 0 aliphatic carbocycles. The molecule has 2 N–H and O–H groups in total. The van der Waals surface area contributed by atoms with Crippen LogP contribution >= 0.6 is 11.8 Å². The Hall–Kier alpha value is -0.260. The maximum absolute atomic E-state index is 12.4. The summed E-state index contributed by atoms with van der Waals surface area (Å²) in [7, 11) is 0. The summed E-state index contributed by atoms with van der Waals surface area (Å²) in [6, 6.07) is 0.425. The van der Waals surface area contributed by atoms with Crippen molar-refractivity contribution in [3.05, 3.63) is 0 Å². The fourth-order valence-corrected chi connectivity index (χ4v) is 4.01. The standard InChI is InChI=1S/C13H24N2O2S/c16-8-7-15(10-11-4-3-6-14-11)13(17)12-5-1-2-9-18-12/h11-12,14,16H,1-10H2. The third-order valence-electron chi connectivity index (χ3n) is 3.74. The molecule has 0 aromatic rings. The van der Waals surface area contributed by atoms with Crippen molar-refractivity contribution in [2.75, 3.05) is 32.0 Å². The Morgan fingerprint density at radius 3 is 2.83 bits per heavy atom. The molecule has 2 atom stereocenters. The molecule has 18 heavy (non-hydrogen) atoms. The third kappa shape index (κ3) is 3.87. The van der Waals surface area contributed by atoms with E-state index < -0.39 is 0 Å². The summed E-state index contributed by atoms with van der Waals surface area (Å²) in [6.07, 6.45) is 5.75. The van der Waals surface area contributed by atoms with Crippen molar-refractivity contribution in [1.29, 1.82) is 0 Å². The monoisotopic (exact) mass is 272 g/mol. The van der Waals surface area contributed by atoms with Gasteiger partial charge in [0.1, 0.15) is 0 Å². The number of nitrogens with one attached hydrogen (secondary N) is 1. The minimum atomic E-state index is 0.0653. The number of carbonyl (C=O) groups is 1. The molecule has 104 valence electrons. The highest BCUT2D eigenvalue weighted by molar-refractivity contribution is 8.00. The van der Waals surface area contributed by atoms with Crippen LogP contribution in [0.25, 0.3) is 0 Å². The largest absolute Gasteiger partial charge is 0.395 e. The van der Waals surface area contributed by atoms with Gasteiger partial charge in [0, 0.05) is 19.1 Å². The highest BCUT2D eigenvalue weighted by Gasteiger charge is 2.28. The molecular formula is C13H24N2O2S. The maximum Gasteiger partial charge on any atom is 0.235 e. The lowest BCUT2D eigenvalue weighted by molar-refractivity contribution is -0.131. The molecular weight excluding hydrogens is 248 g/mol. The first-order chi connectivity index (χ1) is 8.81. The van der Waals surface area contributed by atoms with E-state index in [1.165, 1.54) is 12.8 Å². The van der Waals surface area contributed by atoms with Crippen LogP contribution in [0.1, 0.15) is 32.1 Å². The summed E-state index contributed by atoms with van der Waals surface area (Å²) in [4.78, 5) is 14.3. The molecule has 4 nitrogen and oxygen atoms in total. The molecule has 0 radical (unpaired) electrons. The van der Waals surface area contributed by atoms with Crippen LogP contribution in [0.3, 0.4) is 0 Å². The highest BCUT2D eigenvalue weighted by Crippen LogP contribution is 2.26. The topological polar surface area (TPSA) is 52.6 Å². The number of rotatable bonds is 5. The minimum absolute atomic E-state index is 0.0653. The van der Waals surface area contributed by atoms with Crippen molar-refractivity contribution < 1.29 is 9.90 Å². The Balaban J connectivity index is 1.87. The van der Waals surface area contributed by atoms with Crippen molar-refractivity contribution in [2.24, 2.45) is 0 Å². The van der Waals surface area contributed by atoms with Crippen molar-refractivity contribution in [3.63, 3.8) is 0 Å². The summed E-state index contributed by atoms with van der Waals surface area (Å²) in [6.45, 7) is 2.37. The molecule has 0 spiro atoms. The van der Waals surface area contributed by atoms with Crippen LogP contribution in [0.15, 0.2) is 0 Å². The Morgan fingerprint density at radius 2 is 2.22 bits per heavy atom. The second kappa shape index (κ2) is 7.36. The number of aliphatic hydroxyl groups excluding tert-OH is 1. The van der Waals surface area contributed by atoms with Gasteiger partial charge in [-0.15, -0.1) is 11.8 Å². The Morgan fingerprint density at radius 1 is 1.33 bits per heavy atom. The molecule has 2 aliphatic heterocycles. The van der Waals surface area contributed by atoms with E-state index in [4.69, 9.17) is 5.11 Å². The van der Waals surface area contributed by atoms with Gasteiger partial charge in [0.15, 0.2) is 0 Å². The van der Waals surface area contributed by atoms with Gasteiger partial charge in [0.2, 0.25) is 5.91 Å². The minimum Gasteiger partial charge on any atom is -0.395 e. The molecule has 5 heteroatoms. The second-order valence-corrected chi connectivity index (χ2v) is 6.47. The average molecular weight is 272 g/mol. The number of hydrogen-bond donors (Lipinski definition) is 2. The quantitative estimate of drug-likeness (QED) is 0.779. The molecule has 0 bridgehead atoms. The third-order valence-corrected chi connectivity index (χ3v) is 5.10. The molecule has 2 heterocycles. The van der Waals surface area contributed by atoms with E-state index in [2.05, 4.69) is 5.32 Å². The van der Waals surface area contributed by atoms with Crippen LogP contribution in [0.2, 0.25) is 0 Å². The van der Waals surface area contributed by atoms with Gasteiger partial charge >= 0.3 is 0 Å². The molecule has 0 aromatic heterocycles. The first kappa shape index (κ1) is 14.2. The fraction of sp³-hybridized carbons (Fsp3) is 0.923. The number of amides is 1. The van der Waals surface area contributed by atoms with Crippen LogP contribution < -0.4 is 5.32 Å². The maximum atomic E-state index is 12.4. The number of aliphatic hydroxyl groups is 1. The fourth-order valence-electron chi connectivity index (χ4n) is 2.73. The number of thioether (sulfide) groups is 1. The lowest BCUT2D eigenvalue weighted by Gasteiger charge is -2.30.